The van der Waals surface area contributed by atoms with Gasteiger partial charge in [-0.3, -0.25) is 9.59 Å². The van der Waals surface area contributed by atoms with E-state index >= 15 is 0 Å². The molecule has 1 aliphatic heterocycles. The molecular weight excluding hydrogens is 522 g/mol. The second kappa shape index (κ2) is 10.7. The van der Waals surface area contributed by atoms with Crippen molar-refractivity contribution in [1.29, 1.82) is 0 Å². The first kappa shape index (κ1) is 26.3. The van der Waals surface area contributed by atoms with Crippen LogP contribution in [0.25, 0.3) is 6.08 Å². The molecule has 190 valence electrons. The zero-order valence-electron chi connectivity index (χ0n) is 19.4. The Balaban J connectivity index is 1.52. The number of benzene rings is 1. The summed E-state index contributed by atoms with van der Waals surface area (Å²) in [4.78, 5) is 27.7. The second-order valence-electron chi connectivity index (χ2n) is 8.50. The van der Waals surface area contributed by atoms with Crippen LogP contribution in [-0.4, -0.2) is 57.0 Å². The highest BCUT2D eigenvalue weighted by Gasteiger charge is 2.62. The Kier molecular flexibility index (Phi) is 7.82. The predicted molar refractivity (Wildman–Crippen MR) is 140 cm³/mol. The van der Waals surface area contributed by atoms with Crippen molar-refractivity contribution in [1.82, 2.24) is 9.62 Å². The van der Waals surface area contributed by atoms with E-state index in [1.165, 1.54) is 12.1 Å². The lowest BCUT2D eigenvalue weighted by molar-refractivity contribution is -0.120. The summed E-state index contributed by atoms with van der Waals surface area (Å²) in [5.74, 6) is -1.37. The minimum absolute atomic E-state index is 0.0588. The van der Waals surface area contributed by atoms with Gasteiger partial charge in [-0.1, -0.05) is 42.5 Å². The van der Waals surface area contributed by atoms with Gasteiger partial charge >= 0.3 is 0 Å². The number of carbonyl (C=O) groups excluding carboxylic acids is 2. The van der Waals surface area contributed by atoms with Crippen LogP contribution in [0.1, 0.15) is 33.1 Å². The monoisotopic (exact) mass is 547 g/mol. The van der Waals surface area contributed by atoms with Crippen molar-refractivity contribution >= 4 is 50.9 Å². The van der Waals surface area contributed by atoms with Crippen LogP contribution in [0.4, 0.5) is 0 Å². The van der Waals surface area contributed by atoms with E-state index in [-0.39, 0.29) is 16.5 Å². The normalized spacial score (nSPS) is 22.5. The number of nitrogens with two attached hydrogens (primary N) is 1. The number of halogens is 1. The number of nitrogens with one attached hydrogen (secondary N) is 1. The molecule has 0 radical (unpaired) electrons. The molecule has 36 heavy (non-hydrogen) atoms. The number of amides is 2. The van der Waals surface area contributed by atoms with Crippen molar-refractivity contribution in [3.8, 4) is 0 Å². The molecule has 0 spiro atoms. The van der Waals surface area contributed by atoms with Crippen molar-refractivity contribution in [3.63, 3.8) is 0 Å². The lowest BCUT2D eigenvalue weighted by Gasteiger charge is -2.27. The van der Waals surface area contributed by atoms with Gasteiger partial charge in [-0.2, -0.15) is 4.72 Å². The fourth-order valence-corrected chi connectivity index (χ4v) is 6.83. The predicted octanol–water partition coefficient (Wildman–Crippen LogP) is 3.23. The van der Waals surface area contributed by atoms with E-state index in [0.29, 0.717) is 47.3 Å². The van der Waals surface area contributed by atoms with Gasteiger partial charge in [-0.05, 0) is 48.4 Å². The van der Waals surface area contributed by atoms with Crippen LogP contribution < -0.4 is 10.5 Å². The number of carbonyl (C=O) groups is 2. The minimum atomic E-state index is -4.02. The first-order valence-corrected chi connectivity index (χ1v) is 13.9. The number of allylic oxidation sites excluding steroid dienone is 4. The maximum atomic E-state index is 13.1. The van der Waals surface area contributed by atoms with Crippen LogP contribution in [0.15, 0.2) is 70.4 Å². The Morgan fingerprint density at radius 2 is 2.00 bits per heavy atom. The first-order chi connectivity index (χ1) is 17.2. The van der Waals surface area contributed by atoms with Crippen molar-refractivity contribution in [2.75, 3.05) is 26.3 Å². The quantitative estimate of drug-likeness (QED) is 0.467. The van der Waals surface area contributed by atoms with Crippen LogP contribution in [0.3, 0.4) is 0 Å². The fourth-order valence-electron chi connectivity index (χ4n) is 4.10. The van der Waals surface area contributed by atoms with E-state index in [1.54, 1.807) is 53.5 Å². The molecule has 8 nitrogen and oxygen atoms in total. The number of sulfonamides is 1. The van der Waals surface area contributed by atoms with Gasteiger partial charge in [-0.25, -0.2) is 8.42 Å². The largest absolute Gasteiger partial charge is 0.378 e. The molecule has 1 aliphatic carbocycles. The average molecular weight is 548 g/mol. The summed E-state index contributed by atoms with van der Waals surface area (Å²) in [5.41, 5.74) is 5.38. The van der Waals surface area contributed by atoms with Crippen molar-refractivity contribution in [2.24, 2.45) is 5.73 Å². The maximum absolute atomic E-state index is 13.1. The average Bonchev–Trinajstić information content (AvgIpc) is 3.39. The Morgan fingerprint density at radius 3 is 2.69 bits per heavy atom. The standard InChI is InChI=1S/C25H26ClN3O5S2/c1-2-19(26)7-4-8-20-9-10-22(35-20)36(32,33)28-25(24(27)31)16-21(25)17-5-3-6-18(15-17)23(30)29-11-13-34-14-12-29/h2-10,15,21,28H,1,11-14,16H2,(H2,27,31)/b8-4+,19-7+. The molecule has 2 atom stereocenters. The summed E-state index contributed by atoms with van der Waals surface area (Å²) in [6.07, 6.45) is 6.74. The van der Waals surface area contributed by atoms with E-state index < -0.39 is 27.4 Å². The molecule has 1 aromatic carbocycles. The van der Waals surface area contributed by atoms with Gasteiger partial charge in [0.1, 0.15) is 9.75 Å². The number of hydrogen-bond donors (Lipinski definition) is 2. The molecule has 2 aliphatic rings. The SMILES string of the molecule is C=C/C(Cl)=C\C=C\c1ccc(S(=O)(=O)NC2(C(N)=O)CC2c2cccc(C(=O)N3CCOCC3)c2)s1. The van der Waals surface area contributed by atoms with Crippen LogP contribution in [0, 0.1) is 0 Å². The van der Waals surface area contributed by atoms with E-state index in [4.69, 9.17) is 22.1 Å². The number of rotatable bonds is 9. The zero-order valence-corrected chi connectivity index (χ0v) is 21.7. The fraction of sp³-hybridized carbons (Fsp3) is 0.280. The van der Waals surface area contributed by atoms with Crippen LogP contribution in [-0.2, 0) is 19.6 Å². The third kappa shape index (κ3) is 5.63. The Morgan fingerprint density at radius 1 is 1.25 bits per heavy atom. The highest BCUT2D eigenvalue weighted by molar-refractivity contribution is 7.91. The molecule has 2 amide bonds. The molecule has 2 fully saturated rings. The third-order valence-electron chi connectivity index (χ3n) is 6.13. The molecule has 0 bridgehead atoms. The van der Waals surface area contributed by atoms with Gasteiger partial charge < -0.3 is 15.4 Å². The molecule has 11 heteroatoms. The number of nitrogens with zero attached hydrogens (tertiary/aromatic N) is 1. The summed E-state index contributed by atoms with van der Waals surface area (Å²) in [5, 5.41) is 0.455. The topological polar surface area (TPSA) is 119 Å². The first-order valence-electron chi connectivity index (χ1n) is 11.2. The van der Waals surface area contributed by atoms with Gasteiger partial charge in [0.15, 0.2) is 0 Å². The highest BCUT2D eigenvalue weighted by Crippen LogP contribution is 2.52. The number of ether oxygens (including phenoxy) is 1. The summed E-state index contributed by atoms with van der Waals surface area (Å²) in [6, 6.07) is 10.0. The van der Waals surface area contributed by atoms with Gasteiger partial charge in [-0.15, -0.1) is 11.3 Å². The number of thiophene rings is 1. The van der Waals surface area contributed by atoms with Gasteiger partial charge in [0, 0.05) is 34.5 Å². The van der Waals surface area contributed by atoms with Crippen LogP contribution >= 0.6 is 22.9 Å². The molecular formula is C25H26ClN3O5S2. The summed E-state index contributed by atoms with van der Waals surface area (Å²) in [7, 11) is -4.02. The maximum Gasteiger partial charge on any atom is 0.254 e. The van der Waals surface area contributed by atoms with Crippen molar-refractivity contribution < 1.29 is 22.7 Å². The molecule has 2 heterocycles. The van der Waals surface area contributed by atoms with Gasteiger partial charge in [0.25, 0.3) is 15.9 Å². The zero-order chi connectivity index (χ0) is 25.9. The Bertz CT molecular complexity index is 1340. The number of primary amides is 1. The van der Waals surface area contributed by atoms with Crippen molar-refractivity contribution in [3.05, 3.63) is 82.2 Å². The van der Waals surface area contributed by atoms with Crippen LogP contribution in [0.5, 0.6) is 0 Å². The van der Waals surface area contributed by atoms with E-state index in [0.717, 1.165) is 11.3 Å². The minimum Gasteiger partial charge on any atom is -0.378 e. The van der Waals surface area contributed by atoms with Gasteiger partial charge in [0.2, 0.25) is 5.91 Å². The molecule has 4 rings (SSSR count). The summed E-state index contributed by atoms with van der Waals surface area (Å²) < 4.78 is 34.2. The Hall–Kier alpha value is -2.76. The molecule has 2 aromatic rings. The lowest BCUT2D eigenvalue weighted by Crippen LogP contribution is -2.47. The van der Waals surface area contributed by atoms with E-state index in [1.807, 2.05) is 0 Å². The summed E-state index contributed by atoms with van der Waals surface area (Å²) >= 11 is 6.92. The molecule has 3 N–H and O–H groups in total. The second-order valence-corrected chi connectivity index (χ2v) is 12.0. The molecule has 1 saturated carbocycles. The number of morpholine rings is 1. The van der Waals surface area contributed by atoms with E-state index in [2.05, 4.69) is 11.3 Å². The molecule has 1 saturated heterocycles. The number of hydrogen-bond acceptors (Lipinski definition) is 6. The summed E-state index contributed by atoms with van der Waals surface area (Å²) in [6.45, 7) is 5.55. The Labute approximate surface area is 219 Å². The smallest absolute Gasteiger partial charge is 0.254 e. The van der Waals surface area contributed by atoms with Crippen molar-refractivity contribution in [2.45, 2.75) is 22.1 Å². The van der Waals surface area contributed by atoms with Crippen LogP contribution in [0.2, 0.25) is 0 Å². The molecule has 2 unspecified atom stereocenters. The highest BCUT2D eigenvalue weighted by atomic mass is 35.5. The van der Waals surface area contributed by atoms with E-state index in [9.17, 15) is 18.0 Å². The molecule has 1 aromatic heterocycles. The lowest BCUT2D eigenvalue weighted by atomic mass is 10.0. The van der Waals surface area contributed by atoms with Gasteiger partial charge in [0.05, 0.1) is 13.2 Å². The third-order valence-corrected chi connectivity index (χ3v) is 9.46.